The summed E-state index contributed by atoms with van der Waals surface area (Å²) in [6.07, 6.45) is 0. The average Bonchev–Trinajstić information content (AvgIpc) is 2.46. The molecule has 0 aliphatic heterocycles. The molecule has 0 bridgehead atoms. The Morgan fingerprint density at radius 1 is 1.50 bits per heavy atom. The first-order chi connectivity index (χ1) is 5.79. The molecule has 12 heavy (non-hydrogen) atoms. The van der Waals surface area contributed by atoms with E-state index in [1.807, 2.05) is 0 Å². The van der Waals surface area contributed by atoms with Gasteiger partial charge in [0.25, 0.3) is 0 Å². The molecule has 0 radical (unpaired) electrons. The standard InChI is InChI=1S/C8H7FN2O/c9-8-2-1-7-6(11-8)3-5(4-10)12-7/h1-3H,4,10H2. The summed E-state index contributed by atoms with van der Waals surface area (Å²) in [7, 11) is 0. The Morgan fingerprint density at radius 2 is 2.33 bits per heavy atom. The molecule has 4 heteroatoms. The largest absolute Gasteiger partial charge is 0.458 e. The van der Waals surface area contributed by atoms with E-state index in [1.165, 1.54) is 12.1 Å². The first-order valence-electron chi connectivity index (χ1n) is 3.54. The lowest BCUT2D eigenvalue weighted by Gasteiger charge is -1.86. The zero-order valence-corrected chi connectivity index (χ0v) is 6.25. The Bertz CT molecular complexity index is 410. The van der Waals surface area contributed by atoms with Gasteiger partial charge in [0.2, 0.25) is 5.95 Å². The average molecular weight is 166 g/mol. The number of aromatic nitrogens is 1. The minimum Gasteiger partial charge on any atom is -0.458 e. The molecule has 3 nitrogen and oxygen atoms in total. The number of hydrogen-bond acceptors (Lipinski definition) is 3. The first-order valence-corrected chi connectivity index (χ1v) is 3.54. The molecule has 2 N–H and O–H groups in total. The maximum atomic E-state index is 12.6. The summed E-state index contributed by atoms with van der Waals surface area (Å²) in [5.41, 5.74) is 6.41. The Hall–Kier alpha value is -1.42. The number of hydrogen-bond donors (Lipinski definition) is 1. The molecule has 0 aromatic carbocycles. The summed E-state index contributed by atoms with van der Waals surface area (Å²) in [4.78, 5) is 3.63. The zero-order chi connectivity index (χ0) is 8.55. The van der Waals surface area contributed by atoms with Crippen molar-refractivity contribution in [2.45, 2.75) is 6.54 Å². The van der Waals surface area contributed by atoms with Crippen LogP contribution in [0.25, 0.3) is 11.1 Å². The fraction of sp³-hybridized carbons (Fsp3) is 0.125. The van der Waals surface area contributed by atoms with Gasteiger partial charge < -0.3 is 10.2 Å². The van der Waals surface area contributed by atoms with E-state index >= 15 is 0 Å². The van der Waals surface area contributed by atoms with Crippen molar-refractivity contribution in [2.75, 3.05) is 0 Å². The van der Waals surface area contributed by atoms with Crippen LogP contribution in [0.3, 0.4) is 0 Å². The van der Waals surface area contributed by atoms with Gasteiger partial charge in [-0.15, -0.1) is 0 Å². The van der Waals surface area contributed by atoms with Gasteiger partial charge in [0, 0.05) is 6.07 Å². The topological polar surface area (TPSA) is 52.0 Å². The van der Waals surface area contributed by atoms with Gasteiger partial charge in [0.05, 0.1) is 6.54 Å². The molecular weight excluding hydrogens is 159 g/mol. The predicted molar refractivity (Wildman–Crippen MR) is 41.9 cm³/mol. The number of furan rings is 1. The van der Waals surface area contributed by atoms with Crippen molar-refractivity contribution >= 4 is 11.1 Å². The van der Waals surface area contributed by atoms with Crippen LogP contribution in [0.4, 0.5) is 4.39 Å². The molecule has 0 fully saturated rings. The summed E-state index contributed by atoms with van der Waals surface area (Å²) in [5, 5.41) is 0. The summed E-state index contributed by atoms with van der Waals surface area (Å²) in [6.45, 7) is 0.304. The highest BCUT2D eigenvalue weighted by Crippen LogP contribution is 2.16. The number of rotatable bonds is 1. The predicted octanol–water partition coefficient (Wildman–Crippen LogP) is 1.43. The smallest absolute Gasteiger partial charge is 0.213 e. The number of pyridine rings is 1. The molecular formula is C8H7FN2O. The van der Waals surface area contributed by atoms with Crippen LogP contribution < -0.4 is 5.73 Å². The van der Waals surface area contributed by atoms with Gasteiger partial charge >= 0.3 is 0 Å². The zero-order valence-electron chi connectivity index (χ0n) is 6.25. The lowest BCUT2D eigenvalue weighted by Crippen LogP contribution is -1.92. The van der Waals surface area contributed by atoms with E-state index in [0.717, 1.165) is 0 Å². The Labute approximate surface area is 68.0 Å². The second kappa shape index (κ2) is 2.57. The number of fused-ring (bicyclic) bond motifs is 1. The highest BCUT2D eigenvalue weighted by molar-refractivity contribution is 5.72. The van der Waals surface area contributed by atoms with Crippen LogP contribution in [0.15, 0.2) is 22.6 Å². The molecule has 2 aromatic rings. The molecule has 2 heterocycles. The molecule has 0 atom stereocenters. The summed E-state index contributed by atoms with van der Waals surface area (Å²) in [5.74, 6) is 0.106. The van der Waals surface area contributed by atoms with Crippen LogP contribution in [-0.2, 0) is 6.54 Å². The third kappa shape index (κ3) is 1.06. The Kier molecular flexibility index (Phi) is 1.55. The van der Waals surface area contributed by atoms with Crippen molar-refractivity contribution < 1.29 is 8.81 Å². The van der Waals surface area contributed by atoms with Gasteiger partial charge in [-0.3, -0.25) is 0 Å². The van der Waals surface area contributed by atoms with E-state index in [0.29, 0.717) is 23.4 Å². The lowest BCUT2D eigenvalue weighted by molar-refractivity contribution is 0.549. The Balaban J connectivity index is 2.67. The Morgan fingerprint density at radius 3 is 3.08 bits per heavy atom. The van der Waals surface area contributed by atoms with Crippen LogP contribution in [0.1, 0.15) is 5.76 Å². The second-order valence-corrected chi connectivity index (χ2v) is 2.43. The normalized spacial score (nSPS) is 10.8. The van der Waals surface area contributed by atoms with Crippen molar-refractivity contribution in [2.24, 2.45) is 5.73 Å². The van der Waals surface area contributed by atoms with Crippen LogP contribution in [0, 0.1) is 5.95 Å². The quantitative estimate of drug-likeness (QED) is 0.652. The van der Waals surface area contributed by atoms with Gasteiger partial charge in [-0.05, 0) is 12.1 Å². The van der Waals surface area contributed by atoms with Crippen molar-refractivity contribution in [3.05, 3.63) is 29.9 Å². The van der Waals surface area contributed by atoms with Gasteiger partial charge in [-0.25, -0.2) is 4.98 Å². The molecule has 0 spiro atoms. The van der Waals surface area contributed by atoms with E-state index in [2.05, 4.69) is 4.98 Å². The SMILES string of the molecule is NCc1cc2nc(F)ccc2o1. The molecule has 0 amide bonds. The van der Waals surface area contributed by atoms with Gasteiger partial charge in [0.1, 0.15) is 11.3 Å². The molecule has 2 rings (SSSR count). The number of nitrogens with two attached hydrogens (primary N) is 1. The van der Waals surface area contributed by atoms with Gasteiger partial charge in [-0.2, -0.15) is 4.39 Å². The third-order valence-corrected chi connectivity index (χ3v) is 1.59. The van der Waals surface area contributed by atoms with Crippen LogP contribution >= 0.6 is 0 Å². The maximum Gasteiger partial charge on any atom is 0.213 e. The van der Waals surface area contributed by atoms with Gasteiger partial charge in [0.15, 0.2) is 5.58 Å². The summed E-state index contributed by atoms with van der Waals surface area (Å²) in [6, 6.07) is 4.43. The van der Waals surface area contributed by atoms with Crippen LogP contribution in [0.5, 0.6) is 0 Å². The maximum absolute atomic E-state index is 12.6. The van der Waals surface area contributed by atoms with Crippen LogP contribution in [0.2, 0.25) is 0 Å². The second-order valence-electron chi connectivity index (χ2n) is 2.43. The van der Waals surface area contributed by atoms with Crippen LogP contribution in [-0.4, -0.2) is 4.98 Å². The number of nitrogens with zero attached hydrogens (tertiary/aromatic N) is 1. The fourth-order valence-electron chi connectivity index (χ4n) is 1.05. The molecule has 0 aliphatic carbocycles. The highest BCUT2D eigenvalue weighted by Gasteiger charge is 2.03. The molecule has 0 aliphatic rings. The highest BCUT2D eigenvalue weighted by atomic mass is 19.1. The van der Waals surface area contributed by atoms with E-state index in [9.17, 15) is 4.39 Å². The molecule has 0 saturated heterocycles. The molecule has 62 valence electrons. The van der Waals surface area contributed by atoms with E-state index in [1.54, 1.807) is 6.07 Å². The van der Waals surface area contributed by atoms with E-state index < -0.39 is 5.95 Å². The third-order valence-electron chi connectivity index (χ3n) is 1.59. The van der Waals surface area contributed by atoms with Crippen molar-refractivity contribution in [1.29, 1.82) is 0 Å². The van der Waals surface area contributed by atoms with Crippen molar-refractivity contribution in [1.82, 2.24) is 4.98 Å². The number of halogens is 1. The molecule has 0 saturated carbocycles. The molecule has 2 aromatic heterocycles. The fourth-order valence-corrected chi connectivity index (χ4v) is 1.05. The molecule has 0 unspecified atom stereocenters. The monoisotopic (exact) mass is 166 g/mol. The van der Waals surface area contributed by atoms with Crippen molar-refractivity contribution in [3.8, 4) is 0 Å². The van der Waals surface area contributed by atoms with Crippen molar-refractivity contribution in [3.63, 3.8) is 0 Å². The summed E-state index contributed by atoms with van der Waals surface area (Å²) < 4.78 is 17.8. The lowest BCUT2D eigenvalue weighted by atomic mass is 10.4. The minimum absolute atomic E-state index is 0.304. The van der Waals surface area contributed by atoms with E-state index in [-0.39, 0.29) is 0 Å². The minimum atomic E-state index is -0.508. The first kappa shape index (κ1) is 7.24. The van der Waals surface area contributed by atoms with Gasteiger partial charge in [-0.1, -0.05) is 0 Å². The van der Waals surface area contributed by atoms with E-state index in [4.69, 9.17) is 10.2 Å². The summed E-state index contributed by atoms with van der Waals surface area (Å²) >= 11 is 0.